The summed E-state index contributed by atoms with van der Waals surface area (Å²) in [5.74, 6) is -0.397. The first kappa shape index (κ1) is 24.4. The number of esters is 1. The molecule has 0 aliphatic carbocycles. The van der Waals surface area contributed by atoms with Gasteiger partial charge < -0.3 is 14.8 Å². The molecular formula is C26H36N4O4. The third-order valence-electron chi connectivity index (χ3n) is 6.93. The SMILES string of the molecule is CCn1nc(CC(C)(C)COC(=O)c2cc(C)nc(C)c2)c2c1C(=O)NCC1(CCOCC1)C2. The number of hydrogen-bond acceptors (Lipinski definition) is 6. The van der Waals surface area contributed by atoms with E-state index in [4.69, 9.17) is 14.6 Å². The normalized spacial score (nSPS) is 17.7. The van der Waals surface area contributed by atoms with E-state index in [0.29, 0.717) is 30.8 Å². The lowest BCUT2D eigenvalue weighted by Gasteiger charge is -2.36. The van der Waals surface area contributed by atoms with Gasteiger partial charge in [0.05, 0.1) is 17.9 Å². The standard InChI is InChI=1S/C26H36N4O4/c1-6-30-22-20(13-26(15-27-23(22)31)7-9-33-10-8-26)21(29-30)14-25(4,5)16-34-24(32)19-11-17(2)28-18(3)12-19/h11-12H,6-10,13-16H2,1-5H3,(H,27,31). The number of pyridine rings is 1. The van der Waals surface area contributed by atoms with Crippen LogP contribution in [0.25, 0.3) is 0 Å². The van der Waals surface area contributed by atoms with Gasteiger partial charge in [0.2, 0.25) is 0 Å². The number of ether oxygens (including phenoxy) is 2. The Balaban J connectivity index is 1.55. The smallest absolute Gasteiger partial charge is 0.338 e. The van der Waals surface area contributed by atoms with Crippen LogP contribution in [0.4, 0.5) is 0 Å². The minimum absolute atomic E-state index is 0.00316. The molecular weight excluding hydrogens is 432 g/mol. The van der Waals surface area contributed by atoms with Gasteiger partial charge in [0.15, 0.2) is 0 Å². The van der Waals surface area contributed by atoms with Crippen LogP contribution in [0.5, 0.6) is 0 Å². The summed E-state index contributed by atoms with van der Waals surface area (Å²) in [7, 11) is 0. The van der Waals surface area contributed by atoms with Crippen LogP contribution in [-0.2, 0) is 28.9 Å². The molecule has 0 aromatic carbocycles. The average Bonchev–Trinajstić information content (AvgIpc) is 3.04. The van der Waals surface area contributed by atoms with Gasteiger partial charge in [-0.05, 0) is 57.6 Å². The van der Waals surface area contributed by atoms with Crippen molar-refractivity contribution in [2.75, 3.05) is 26.4 Å². The van der Waals surface area contributed by atoms with E-state index in [1.807, 2.05) is 25.5 Å². The van der Waals surface area contributed by atoms with Gasteiger partial charge in [0.25, 0.3) is 5.91 Å². The van der Waals surface area contributed by atoms with Crippen LogP contribution in [0.2, 0.25) is 0 Å². The van der Waals surface area contributed by atoms with Crippen molar-refractivity contribution in [3.8, 4) is 0 Å². The number of carbonyl (C=O) groups excluding carboxylic acids is 2. The Morgan fingerprint density at radius 2 is 1.91 bits per heavy atom. The fourth-order valence-electron chi connectivity index (χ4n) is 5.11. The first-order valence-corrected chi connectivity index (χ1v) is 12.2. The second kappa shape index (κ2) is 9.49. The summed E-state index contributed by atoms with van der Waals surface area (Å²) >= 11 is 0. The topological polar surface area (TPSA) is 95.3 Å². The molecule has 1 N–H and O–H groups in total. The Bertz CT molecular complexity index is 1060. The summed E-state index contributed by atoms with van der Waals surface area (Å²) in [6.45, 7) is 12.9. The lowest BCUT2D eigenvalue weighted by molar-refractivity contribution is 0.0159. The Morgan fingerprint density at radius 3 is 2.56 bits per heavy atom. The summed E-state index contributed by atoms with van der Waals surface area (Å²) in [6.07, 6.45) is 3.28. The van der Waals surface area contributed by atoms with E-state index in [1.54, 1.807) is 12.1 Å². The number of fused-ring (bicyclic) bond motifs is 1. The second-order valence-corrected chi connectivity index (χ2v) is 10.6. The van der Waals surface area contributed by atoms with Gasteiger partial charge in [-0.2, -0.15) is 5.10 Å². The molecule has 1 spiro atoms. The fraction of sp³-hybridized carbons (Fsp3) is 0.615. The van der Waals surface area contributed by atoms with Crippen LogP contribution >= 0.6 is 0 Å². The molecule has 8 heteroatoms. The highest BCUT2D eigenvalue weighted by atomic mass is 16.5. The van der Waals surface area contributed by atoms with Gasteiger partial charge in [-0.3, -0.25) is 14.5 Å². The van der Waals surface area contributed by atoms with E-state index in [0.717, 1.165) is 55.1 Å². The van der Waals surface area contributed by atoms with Crippen molar-refractivity contribution in [3.63, 3.8) is 0 Å². The minimum atomic E-state index is -0.348. The first-order chi connectivity index (χ1) is 16.1. The van der Waals surface area contributed by atoms with Gasteiger partial charge in [-0.15, -0.1) is 0 Å². The quantitative estimate of drug-likeness (QED) is 0.653. The summed E-state index contributed by atoms with van der Waals surface area (Å²) in [6, 6.07) is 3.49. The summed E-state index contributed by atoms with van der Waals surface area (Å²) < 4.78 is 13.1. The van der Waals surface area contributed by atoms with Crippen LogP contribution in [-0.4, -0.2) is 53.0 Å². The molecule has 4 rings (SSSR count). The Morgan fingerprint density at radius 1 is 1.24 bits per heavy atom. The number of nitrogens with zero attached hydrogens (tertiary/aromatic N) is 3. The molecule has 1 fully saturated rings. The second-order valence-electron chi connectivity index (χ2n) is 10.6. The van der Waals surface area contributed by atoms with Gasteiger partial charge in [0.1, 0.15) is 5.69 Å². The molecule has 0 atom stereocenters. The largest absolute Gasteiger partial charge is 0.462 e. The third kappa shape index (κ3) is 5.17. The number of hydrogen-bond donors (Lipinski definition) is 1. The number of amides is 1. The predicted octanol–water partition coefficient (Wildman–Crippen LogP) is 3.42. The van der Waals surface area contributed by atoms with Crippen LogP contribution in [0, 0.1) is 24.7 Å². The predicted molar refractivity (Wildman–Crippen MR) is 128 cm³/mol. The first-order valence-electron chi connectivity index (χ1n) is 12.2. The molecule has 0 bridgehead atoms. The van der Waals surface area contributed by atoms with Crippen LogP contribution in [0.3, 0.4) is 0 Å². The molecule has 2 aliphatic rings. The Kier molecular flexibility index (Phi) is 6.80. The molecule has 0 saturated carbocycles. The zero-order valence-corrected chi connectivity index (χ0v) is 21.0. The van der Waals surface area contributed by atoms with Gasteiger partial charge in [-0.25, -0.2) is 4.79 Å². The number of nitrogens with one attached hydrogen (secondary N) is 1. The molecule has 0 unspecified atom stereocenters. The molecule has 2 aromatic rings. The van der Waals surface area contributed by atoms with E-state index in [1.165, 1.54) is 0 Å². The van der Waals surface area contributed by atoms with E-state index in [-0.39, 0.29) is 29.3 Å². The van der Waals surface area contributed by atoms with Crippen molar-refractivity contribution in [2.24, 2.45) is 10.8 Å². The molecule has 0 radical (unpaired) electrons. The molecule has 1 saturated heterocycles. The number of aryl methyl sites for hydroxylation is 3. The van der Waals surface area contributed by atoms with Gasteiger partial charge in [-0.1, -0.05) is 13.8 Å². The highest BCUT2D eigenvalue weighted by Gasteiger charge is 2.40. The minimum Gasteiger partial charge on any atom is -0.462 e. The van der Waals surface area contributed by atoms with Crippen molar-refractivity contribution < 1.29 is 19.1 Å². The maximum atomic E-state index is 13.0. The third-order valence-corrected chi connectivity index (χ3v) is 6.93. The van der Waals surface area contributed by atoms with Gasteiger partial charge in [0, 0.05) is 55.1 Å². The van der Waals surface area contributed by atoms with Crippen molar-refractivity contribution in [2.45, 2.75) is 66.8 Å². The van der Waals surface area contributed by atoms with E-state index in [2.05, 4.69) is 24.1 Å². The zero-order chi connectivity index (χ0) is 24.5. The van der Waals surface area contributed by atoms with E-state index < -0.39 is 0 Å². The maximum absolute atomic E-state index is 13.0. The lowest BCUT2D eigenvalue weighted by Crippen LogP contribution is -2.40. The summed E-state index contributed by atoms with van der Waals surface area (Å²) in [5.41, 5.74) is 4.40. The molecule has 2 aromatic heterocycles. The monoisotopic (exact) mass is 468 g/mol. The molecule has 34 heavy (non-hydrogen) atoms. The Labute approximate surface area is 201 Å². The van der Waals surface area contributed by atoms with E-state index in [9.17, 15) is 9.59 Å². The van der Waals surface area contributed by atoms with Crippen LogP contribution in [0.15, 0.2) is 12.1 Å². The maximum Gasteiger partial charge on any atom is 0.338 e. The van der Waals surface area contributed by atoms with Crippen LogP contribution < -0.4 is 5.32 Å². The molecule has 1 amide bonds. The van der Waals surface area contributed by atoms with Crippen molar-refractivity contribution in [1.82, 2.24) is 20.1 Å². The zero-order valence-electron chi connectivity index (χ0n) is 21.0. The Hall–Kier alpha value is -2.74. The number of carbonyl (C=O) groups is 2. The highest BCUT2D eigenvalue weighted by molar-refractivity contribution is 5.95. The highest BCUT2D eigenvalue weighted by Crippen LogP contribution is 2.38. The van der Waals surface area contributed by atoms with Crippen LogP contribution in [0.1, 0.15) is 77.1 Å². The van der Waals surface area contributed by atoms with Gasteiger partial charge >= 0.3 is 5.97 Å². The molecule has 2 aliphatic heterocycles. The van der Waals surface area contributed by atoms with Crippen molar-refractivity contribution in [3.05, 3.63) is 46.0 Å². The van der Waals surface area contributed by atoms with Crippen molar-refractivity contribution >= 4 is 11.9 Å². The number of rotatable bonds is 6. The molecule has 184 valence electrons. The van der Waals surface area contributed by atoms with E-state index >= 15 is 0 Å². The molecule has 8 nitrogen and oxygen atoms in total. The molecule has 4 heterocycles. The fourth-order valence-corrected chi connectivity index (χ4v) is 5.11. The lowest BCUT2D eigenvalue weighted by atomic mass is 9.74. The average molecular weight is 469 g/mol. The summed E-state index contributed by atoms with van der Waals surface area (Å²) in [5, 5.41) is 8.00. The summed E-state index contributed by atoms with van der Waals surface area (Å²) in [4.78, 5) is 30.1. The number of aromatic nitrogens is 3. The van der Waals surface area contributed by atoms with Crippen molar-refractivity contribution in [1.29, 1.82) is 0 Å².